The van der Waals surface area contributed by atoms with Crippen molar-refractivity contribution in [1.29, 1.82) is 0 Å². The molecule has 1 aromatic carbocycles. The van der Waals surface area contributed by atoms with E-state index in [1.807, 2.05) is 24.3 Å². The molecule has 1 aliphatic rings. The highest BCUT2D eigenvalue weighted by Crippen LogP contribution is 2.28. The van der Waals surface area contributed by atoms with Crippen LogP contribution in [0.5, 0.6) is 5.75 Å². The summed E-state index contributed by atoms with van der Waals surface area (Å²) in [4.78, 5) is 10.9. The van der Waals surface area contributed by atoms with Crippen LogP contribution in [-0.4, -0.2) is 16.3 Å². The van der Waals surface area contributed by atoms with E-state index in [1.165, 1.54) is 6.07 Å². The predicted molar refractivity (Wildman–Crippen MR) is 63.9 cm³/mol. The molecule has 0 spiro atoms. The van der Waals surface area contributed by atoms with E-state index in [-0.39, 0.29) is 5.56 Å². The van der Waals surface area contributed by atoms with E-state index >= 15 is 0 Å². The summed E-state index contributed by atoms with van der Waals surface area (Å²) in [5.41, 5.74) is 1.49. The molecule has 1 heterocycles. The zero-order valence-corrected chi connectivity index (χ0v) is 9.22. The molecule has 1 N–H and O–H groups in total. The van der Waals surface area contributed by atoms with Gasteiger partial charge in [-0.2, -0.15) is 5.10 Å². The van der Waals surface area contributed by atoms with Gasteiger partial charge in [0.15, 0.2) is 0 Å². The Hall–Kier alpha value is -2.10. The summed E-state index contributed by atoms with van der Waals surface area (Å²) >= 11 is 0. The molecule has 0 aliphatic heterocycles. The van der Waals surface area contributed by atoms with Crippen molar-refractivity contribution < 1.29 is 4.74 Å². The van der Waals surface area contributed by atoms with Crippen LogP contribution in [0.4, 0.5) is 0 Å². The second kappa shape index (κ2) is 4.05. The van der Waals surface area contributed by atoms with Crippen molar-refractivity contribution in [3.63, 3.8) is 0 Å². The fourth-order valence-corrected chi connectivity index (χ4v) is 1.61. The van der Waals surface area contributed by atoms with E-state index in [4.69, 9.17) is 4.74 Å². The Bertz CT molecular complexity index is 567. The van der Waals surface area contributed by atoms with Gasteiger partial charge in [0.25, 0.3) is 5.56 Å². The second-order valence-electron chi connectivity index (χ2n) is 4.15. The van der Waals surface area contributed by atoms with Crippen LogP contribution in [-0.2, 0) is 0 Å². The van der Waals surface area contributed by atoms with E-state index < -0.39 is 0 Å². The van der Waals surface area contributed by atoms with Gasteiger partial charge in [0.2, 0.25) is 0 Å². The highest BCUT2D eigenvalue weighted by atomic mass is 16.5. The van der Waals surface area contributed by atoms with Crippen LogP contribution in [0.3, 0.4) is 0 Å². The summed E-state index contributed by atoms with van der Waals surface area (Å²) in [7, 11) is 0. The van der Waals surface area contributed by atoms with Gasteiger partial charge in [-0.25, -0.2) is 5.10 Å². The molecule has 1 saturated carbocycles. The molecule has 0 atom stereocenters. The molecule has 2 aromatic rings. The van der Waals surface area contributed by atoms with Crippen LogP contribution in [0.1, 0.15) is 12.8 Å². The van der Waals surface area contributed by atoms with Gasteiger partial charge in [-0.05, 0) is 31.0 Å². The van der Waals surface area contributed by atoms with Gasteiger partial charge in [0.05, 0.1) is 11.8 Å². The Labute approximate surface area is 98.3 Å². The quantitative estimate of drug-likeness (QED) is 0.873. The number of rotatable bonds is 3. The highest BCUT2D eigenvalue weighted by molar-refractivity contribution is 5.60. The average molecular weight is 228 g/mol. The van der Waals surface area contributed by atoms with Crippen molar-refractivity contribution in [1.82, 2.24) is 10.2 Å². The third kappa shape index (κ3) is 2.36. The summed E-state index contributed by atoms with van der Waals surface area (Å²) in [6, 6.07) is 10.9. The van der Waals surface area contributed by atoms with Crippen LogP contribution < -0.4 is 10.3 Å². The van der Waals surface area contributed by atoms with E-state index in [1.54, 1.807) is 6.07 Å². The molecular weight excluding hydrogens is 216 g/mol. The summed E-state index contributed by atoms with van der Waals surface area (Å²) in [6.45, 7) is 0. The second-order valence-corrected chi connectivity index (χ2v) is 4.15. The maximum absolute atomic E-state index is 10.9. The van der Waals surface area contributed by atoms with Crippen molar-refractivity contribution in [3.8, 4) is 17.0 Å². The Morgan fingerprint density at radius 2 is 2.12 bits per heavy atom. The lowest BCUT2D eigenvalue weighted by atomic mass is 10.1. The minimum absolute atomic E-state index is 0.195. The first-order valence-electron chi connectivity index (χ1n) is 5.64. The number of hydrogen-bond acceptors (Lipinski definition) is 3. The topological polar surface area (TPSA) is 55.0 Å². The molecule has 0 saturated heterocycles. The number of nitrogens with zero attached hydrogens (tertiary/aromatic N) is 1. The predicted octanol–water partition coefficient (Wildman–Crippen LogP) is 1.98. The van der Waals surface area contributed by atoms with E-state index in [2.05, 4.69) is 10.2 Å². The number of ether oxygens (including phenoxy) is 1. The fourth-order valence-electron chi connectivity index (χ4n) is 1.61. The van der Waals surface area contributed by atoms with Crippen LogP contribution in [0.25, 0.3) is 11.3 Å². The first-order chi connectivity index (χ1) is 8.31. The molecule has 0 bridgehead atoms. The fraction of sp³-hybridized carbons (Fsp3) is 0.231. The van der Waals surface area contributed by atoms with Gasteiger partial charge in [-0.3, -0.25) is 4.79 Å². The molecule has 86 valence electrons. The lowest BCUT2D eigenvalue weighted by Crippen LogP contribution is -2.05. The lowest BCUT2D eigenvalue weighted by molar-refractivity contribution is 0.303. The molecule has 0 radical (unpaired) electrons. The standard InChI is InChI=1S/C13H12N2O2/c16-13-7-6-12(14-15-13)9-2-1-3-11(8-9)17-10-4-5-10/h1-3,6-8,10H,4-5H2,(H,15,16). The average Bonchev–Trinajstić information content (AvgIpc) is 3.14. The first kappa shape index (κ1) is 10.1. The van der Waals surface area contributed by atoms with Crippen molar-refractivity contribution in [2.45, 2.75) is 18.9 Å². The molecular formula is C13H12N2O2. The van der Waals surface area contributed by atoms with Crippen molar-refractivity contribution >= 4 is 0 Å². The lowest BCUT2D eigenvalue weighted by Gasteiger charge is -2.06. The third-order valence-corrected chi connectivity index (χ3v) is 2.64. The number of benzene rings is 1. The van der Waals surface area contributed by atoms with Gasteiger partial charge in [-0.1, -0.05) is 12.1 Å². The molecule has 3 rings (SSSR count). The molecule has 1 fully saturated rings. The van der Waals surface area contributed by atoms with Crippen molar-refractivity contribution in [2.75, 3.05) is 0 Å². The van der Waals surface area contributed by atoms with Crippen LogP contribution in [0, 0.1) is 0 Å². The van der Waals surface area contributed by atoms with Crippen molar-refractivity contribution in [3.05, 3.63) is 46.8 Å². The Morgan fingerprint density at radius 1 is 1.24 bits per heavy atom. The summed E-state index contributed by atoms with van der Waals surface area (Å²) in [5.74, 6) is 0.859. The number of aromatic amines is 1. The summed E-state index contributed by atoms with van der Waals surface area (Å²) in [6.07, 6.45) is 2.66. The highest BCUT2D eigenvalue weighted by Gasteiger charge is 2.23. The Kier molecular flexibility index (Phi) is 2.40. The maximum atomic E-state index is 10.9. The van der Waals surface area contributed by atoms with Gasteiger partial charge >= 0.3 is 0 Å². The molecule has 1 aliphatic carbocycles. The molecule has 4 nitrogen and oxygen atoms in total. The normalized spacial score (nSPS) is 14.6. The minimum Gasteiger partial charge on any atom is -0.490 e. The maximum Gasteiger partial charge on any atom is 0.264 e. The van der Waals surface area contributed by atoms with Crippen LogP contribution in [0.2, 0.25) is 0 Å². The number of nitrogens with one attached hydrogen (secondary N) is 1. The molecule has 0 unspecified atom stereocenters. The molecule has 17 heavy (non-hydrogen) atoms. The minimum atomic E-state index is -0.195. The smallest absolute Gasteiger partial charge is 0.264 e. The number of H-pyrrole nitrogens is 1. The van der Waals surface area contributed by atoms with Crippen LogP contribution in [0.15, 0.2) is 41.2 Å². The molecule has 1 aromatic heterocycles. The van der Waals surface area contributed by atoms with Gasteiger partial charge in [0.1, 0.15) is 5.75 Å². The van der Waals surface area contributed by atoms with Gasteiger partial charge in [-0.15, -0.1) is 0 Å². The first-order valence-corrected chi connectivity index (χ1v) is 5.64. The van der Waals surface area contributed by atoms with E-state index in [0.29, 0.717) is 6.10 Å². The number of aromatic nitrogens is 2. The largest absolute Gasteiger partial charge is 0.490 e. The van der Waals surface area contributed by atoms with Gasteiger partial charge in [0, 0.05) is 11.6 Å². The summed E-state index contributed by atoms with van der Waals surface area (Å²) < 4.78 is 5.71. The Morgan fingerprint density at radius 3 is 2.82 bits per heavy atom. The summed E-state index contributed by atoms with van der Waals surface area (Å²) in [5, 5.41) is 6.42. The zero-order valence-electron chi connectivity index (χ0n) is 9.22. The van der Waals surface area contributed by atoms with Gasteiger partial charge < -0.3 is 4.74 Å². The van der Waals surface area contributed by atoms with Crippen LogP contribution >= 0.6 is 0 Å². The molecule has 4 heteroatoms. The monoisotopic (exact) mass is 228 g/mol. The van der Waals surface area contributed by atoms with E-state index in [0.717, 1.165) is 29.8 Å². The SMILES string of the molecule is O=c1ccc(-c2cccc(OC3CC3)c2)n[nH]1. The Balaban J connectivity index is 1.90. The zero-order chi connectivity index (χ0) is 11.7. The van der Waals surface area contributed by atoms with Crippen molar-refractivity contribution in [2.24, 2.45) is 0 Å². The third-order valence-electron chi connectivity index (χ3n) is 2.64. The van der Waals surface area contributed by atoms with E-state index in [9.17, 15) is 4.79 Å². The molecule has 0 amide bonds. The number of hydrogen-bond donors (Lipinski definition) is 1.